The smallest absolute Gasteiger partial charge is 0.332 e. The van der Waals surface area contributed by atoms with Crippen molar-refractivity contribution >= 4 is 17.1 Å². The van der Waals surface area contributed by atoms with E-state index in [9.17, 15) is 14.7 Å². The number of hydrogen-bond acceptors (Lipinski definition) is 8. The van der Waals surface area contributed by atoms with Crippen LogP contribution in [0.4, 0.5) is 5.95 Å². The molecule has 186 valence electrons. The Morgan fingerprint density at radius 1 is 1.11 bits per heavy atom. The maximum atomic E-state index is 13.0. The zero-order valence-corrected chi connectivity index (χ0v) is 19.9. The second-order valence-corrected chi connectivity index (χ2v) is 8.15. The molecule has 1 unspecified atom stereocenters. The molecule has 0 spiro atoms. The van der Waals surface area contributed by atoms with E-state index >= 15 is 0 Å². The highest BCUT2D eigenvalue weighted by molar-refractivity contribution is 5.74. The van der Waals surface area contributed by atoms with Gasteiger partial charge in [0, 0.05) is 39.6 Å². The third kappa shape index (κ3) is 5.22. The van der Waals surface area contributed by atoms with Crippen LogP contribution in [0.15, 0.2) is 52.6 Å². The van der Waals surface area contributed by atoms with Crippen LogP contribution in [-0.4, -0.2) is 59.7 Å². The summed E-state index contributed by atoms with van der Waals surface area (Å²) in [6.07, 6.45) is 5.18. The quantitative estimate of drug-likeness (QED) is 0.296. The molecule has 1 aromatic carbocycles. The predicted molar refractivity (Wildman–Crippen MR) is 130 cm³/mol. The third-order valence-electron chi connectivity index (χ3n) is 5.68. The van der Waals surface area contributed by atoms with Gasteiger partial charge in [-0.15, -0.1) is 0 Å². The van der Waals surface area contributed by atoms with Crippen LogP contribution in [-0.2, 0) is 27.2 Å². The van der Waals surface area contributed by atoms with Gasteiger partial charge in [0.15, 0.2) is 11.2 Å². The number of imidazole rings is 2. The molecule has 0 saturated carbocycles. The summed E-state index contributed by atoms with van der Waals surface area (Å²) < 4.78 is 16.8. The van der Waals surface area contributed by atoms with E-state index in [0.717, 1.165) is 17.5 Å². The lowest BCUT2D eigenvalue weighted by atomic mass is 10.3. The number of anilines is 1. The van der Waals surface area contributed by atoms with E-state index in [2.05, 4.69) is 15.3 Å². The Labute approximate surface area is 201 Å². The minimum absolute atomic E-state index is 0.00183. The first-order valence-electron chi connectivity index (χ1n) is 11.2. The minimum Gasteiger partial charge on any atom is -0.497 e. The van der Waals surface area contributed by atoms with Crippen LogP contribution in [0.3, 0.4) is 0 Å². The number of ether oxygens (including phenoxy) is 2. The number of fused-ring (bicyclic) bond motifs is 1. The Morgan fingerprint density at radius 3 is 2.54 bits per heavy atom. The normalized spacial score (nSPS) is 12.1. The van der Waals surface area contributed by atoms with E-state index < -0.39 is 17.4 Å². The van der Waals surface area contributed by atoms with Crippen LogP contribution < -0.4 is 26.0 Å². The molecule has 0 radical (unpaired) electrons. The largest absolute Gasteiger partial charge is 0.497 e. The molecule has 0 aliphatic heterocycles. The standard InChI is InChI=1S/C23H29N7O5/c1-27-20-19(21(32)28(2)23(27)33)30(22(26-20)25-9-4-11-29-12-10-24-15-29)13-16(31)14-35-18-7-5-17(34-3)6-8-18/h5-8,10,12,15-16,31H,4,9,11,13-14H2,1-3H3,(H,25,26). The summed E-state index contributed by atoms with van der Waals surface area (Å²) in [4.78, 5) is 33.9. The molecule has 4 aromatic rings. The van der Waals surface area contributed by atoms with E-state index in [0.29, 0.717) is 24.0 Å². The van der Waals surface area contributed by atoms with Crippen LogP contribution in [0.2, 0.25) is 0 Å². The Balaban J connectivity index is 1.54. The lowest BCUT2D eigenvalue weighted by Gasteiger charge is -2.16. The zero-order valence-electron chi connectivity index (χ0n) is 19.9. The summed E-state index contributed by atoms with van der Waals surface area (Å²) in [6.45, 7) is 1.36. The molecule has 35 heavy (non-hydrogen) atoms. The van der Waals surface area contributed by atoms with Crippen molar-refractivity contribution in [3.05, 3.63) is 63.8 Å². The van der Waals surface area contributed by atoms with Crippen molar-refractivity contribution in [3.63, 3.8) is 0 Å². The molecule has 3 heterocycles. The van der Waals surface area contributed by atoms with Crippen molar-refractivity contribution in [3.8, 4) is 11.5 Å². The summed E-state index contributed by atoms with van der Waals surface area (Å²) in [5.74, 6) is 1.68. The second kappa shape index (κ2) is 10.5. The van der Waals surface area contributed by atoms with Crippen molar-refractivity contribution in [2.75, 3.05) is 25.6 Å². The van der Waals surface area contributed by atoms with Crippen LogP contribution in [0.1, 0.15) is 6.42 Å². The number of aryl methyl sites for hydroxylation is 2. The number of methoxy groups -OCH3 is 1. The number of aromatic nitrogens is 6. The molecule has 12 heteroatoms. The summed E-state index contributed by atoms with van der Waals surface area (Å²) in [7, 11) is 4.56. The van der Waals surface area contributed by atoms with Crippen molar-refractivity contribution in [1.29, 1.82) is 0 Å². The maximum Gasteiger partial charge on any atom is 0.332 e. The van der Waals surface area contributed by atoms with Gasteiger partial charge in [-0.25, -0.2) is 9.78 Å². The van der Waals surface area contributed by atoms with Gasteiger partial charge in [0.2, 0.25) is 5.95 Å². The number of nitrogens with zero attached hydrogens (tertiary/aromatic N) is 6. The topological polar surface area (TPSA) is 130 Å². The molecule has 1 atom stereocenters. The van der Waals surface area contributed by atoms with Gasteiger partial charge >= 0.3 is 5.69 Å². The molecule has 2 N–H and O–H groups in total. The highest BCUT2D eigenvalue weighted by atomic mass is 16.5. The monoisotopic (exact) mass is 483 g/mol. The molecule has 0 aliphatic carbocycles. The fourth-order valence-corrected chi connectivity index (χ4v) is 3.77. The van der Waals surface area contributed by atoms with E-state index in [1.54, 1.807) is 55.5 Å². The molecular formula is C23H29N7O5. The van der Waals surface area contributed by atoms with Gasteiger partial charge in [-0.05, 0) is 30.7 Å². The van der Waals surface area contributed by atoms with Gasteiger partial charge in [-0.3, -0.25) is 13.9 Å². The maximum absolute atomic E-state index is 13.0. The van der Waals surface area contributed by atoms with Gasteiger partial charge in [0.1, 0.15) is 24.2 Å². The lowest BCUT2D eigenvalue weighted by molar-refractivity contribution is 0.0938. The van der Waals surface area contributed by atoms with E-state index in [1.165, 1.54) is 11.6 Å². The number of benzene rings is 1. The predicted octanol–water partition coefficient (Wildman–Crippen LogP) is 0.581. The van der Waals surface area contributed by atoms with E-state index in [-0.39, 0.29) is 24.3 Å². The van der Waals surface area contributed by atoms with Crippen molar-refractivity contribution in [2.45, 2.75) is 25.6 Å². The summed E-state index contributed by atoms with van der Waals surface area (Å²) in [5.41, 5.74) is -0.471. The summed E-state index contributed by atoms with van der Waals surface area (Å²) >= 11 is 0. The fraction of sp³-hybridized carbons (Fsp3) is 0.391. The first-order valence-corrected chi connectivity index (χ1v) is 11.2. The highest BCUT2D eigenvalue weighted by Crippen LogP contribution is 2.19. The average Bonchev–Trinajstić information content (AvgIpc) is 3.51. The van der Waals surface area contributed by atoms with Crippen LogP contribution in [0, 0.1) is 0 Å². The number of aliphatic hydroxyl groups is 1. The summed E-state index contributed by atoms with van der Waals surface area (Å²) in [5, 5.41) is 14.0. The second-order valence-electron chi connectivity index (χ2n) is 8.15. The molecule has 0 amide bonds. The van der Waals surface area contributed by atoms with Gasteiger partial charge in [-0.2, -0.15) is 4.98 Å². The molecular weight excluding hydrogens is 454 g/mol. The van der Waals surface area contributed by atoms with Crippen LogP contribution in [0.5, 0.6) is 11.5 Å². The number of rotatable bonds is 11. The van der Waals surface area contributed by atoms with Crippen molar-refractivity contribution in [2.24, 2.45) is 14.1 Å². The van der Waals surface area contributed by atoms with Gasteiger partial charge in [-0.1, -0.05) is 0 Å². The molecule has 3 aromatic heterocycles. The van der Waals surface area contributed by atoms with Crippen molar-refractivity contribution in [1.82, 2.24) is 28.2 Å². The molecule has 4 rings (SSSR count). The average molecular weight is 484 g/mol. The number of nitrogens with one attached hydrogen (secondary N) is 1. The minimum atomic E-state index is -0.942. The molecule has 0 aliphatic rings. The zero-order chi connectivity index (χ0) is 24.9. The van der Waals surface area contributed by atoms with Crippen molar-refractivity contribution < 1.29 is 14.6 Å². The lowest BCUT2D eigenvalue weighted by Crippen LogP contribution is -2.38. The van der Waals surface area contributed by atoms with Gasteiger partial charge in [0.05, 0.1) is 20.0 Å². The summed E-state index contributed by atoms with van der Waals surface area (Å²) in [6, 6.07) is 7.02. The third-order valence-corrected chi connectivity index (χ3v) is 5.68. The number of hydrogen-bond donors (Lipinski definition) is 2. The van der Waals surface area contributed by atoms with Gasteiger partial charge in [0.25, 0.3) is 5.56 Å². The Kier molecular flexibility index (Phi) is 7.20. The molecule has 0 bridgehead atoms. The van der Waals surface area contributed by atoms with Gasteiger partial charge < -0.3 is 29.0 Å². The first-order chi connectivity index (χ1) is 16.9. The number of aliphatic hydroxyl groups excluding tert-OH is 1. The fourth-order valence-electron chi connectivity index (χ4n) is 3.77. The van der Waals surface area contributed by atoms with E-state index in [4.69, 9.17) is 9.47 Å². The highest BCUT2D eigenvalue weighted by Gasteiger charge is 2.21. The Bertz CT molecular complexity index is 1390. The SMILES string of the molecule is COc1ccc(OCC(O)Cn2c(NCCCn3ccnc3)nc3c2c(=O)n(C)c(=O)n3C)cc1. The first kappa shape index (κ1) is 24.1. The molecule has 0 fully saturated rings. The molecule has 12 nitrogen and oxygen atoms in total. The van der Waals surface area contributed by atoms with Crippen LogP contribution >= 0.6 is 0 Å². The molecule has 0 saturated heterocycles. The van der Waals surface area contributed by atoms with E-state index in [1.807, 2.05) is 10.8 Å². The Hall–Kier alpha value is -4.06. The Morgan fingerprint density at radius 2 is 1.86 bits per heavy atom. The van der Waals surface area contributed by atoms with Crippen LogP contribution in [0.25, 0.3) is 11.2 Å².